The zero-order chi connectivity index (χ0) is 25.7. The second kappa shape index (κ2) is 12.0. The topological polar surface area (TPSA) is 91.2 Å². The van der Waals surface area contributed by atoms with E-state index >= 15 is 0 Å². The molecule has 0 unspecified atom stereocenters. The standard InChI is InChI=1S/C25H31Cl2N5O4/c1-36-24-16-19(2-5-23(24)32(34)35)28-18-6-10-31(11-7-18)25(33)8-9-29-12-14-30(15-13-29)20-3-4-21(26)22(27)17-20/h2-5,16-18,28H,6-15H2,1H3. The van der Waals surface area contributed by atoms with Crippen molar-refractivity contribution >= 4 is 46.2 Å². The first kappa shape index (κ1) is 26.3. The smallest absolute Gasteiger partial charge is 0.311 e. The Morgan fingerprint density at radius 3 is 2.42 bits per heavy atom. The lowest BCUT2D eigenvalue weighted by Crippen LogP contribution is -2.48. The Bertz CT molecular complexity index is 1090. The summed E-state index contributed by atoms with van der Waals surface area (Å²) in [6.07, 6.45) is 2.17. The Kier molecular flexibility index (Phi) is 8.77. The molecule has 11 heteroatoms. The molecule has 0 atom stereocenters. The van der Waals surface area contributed by atoms with Crippen LogP contribution in [0.4, 0.5) is 17.1 Å². The number of rotatable bonds is 8. The number of carbonyl (C=O) groups is 1. The fourth-order valence-electron chi connectivity index (χ4n) is 4.75. The van der Waals surface area contributed by atoms with Crippen LogP contribution in [0.5, 0.6) is 5.75 Å². The van der Waals surface area contributed by atoms with Crippen molar-refractivity contribution in [1.29, 1.82) is 0 Å². The Balaban J connectivity index is 1.18. The van der Waals surface area contributed by atoms with Crippen LogP contribution < -0.4 is 15.0 Å². The summed E-state index contributed by atoms with van der Waals surface area (Å²) in [6.45, 7) is 5.73. The summed E-state index contributed by atoms with van der Waals surface area (Å²) in [6, 6.07) is 10.7. The Labute approximate surface area is 221 Å². The van der Waals surface area contributed by atoms with Gasteiger partial charge in [0.05, 0.1) is 22.1 Å². The number of likely N-dealkylation sites (tertiary alicyclic amines) is 1. The molecule has 2 aromatic carbocycles. The van der Waals surface area contributed by atoms with Crippen LogP contribution in [0.25, 0.3) is 0 Å². The van der Waals surface area contributed by atoms with Crippen LogP contribution in [0.15, 0.2) is 36.4 Å². The number of methoxy groups -OCH3 is 1. The number of nitro groups is 1. The van der Waals surface area contributed by atoms with E-state index in [0.29, 0.717) is 29.6 Å². The highest BCUT2D eigenvalue weighted by Crippen LogP contribution is 2.31. The van der Waals surface area contributed by atoms with Gasteiger partial charge in [-0.25, -0.2) is 0 Å². The molecule has 2 fully saturated rings. The minimum absolute atomic E-state index is 0.0562. The van der Waals surface area contributed by atoms with Gasteiger partial charge in [-0.3, -0.25) is 19.8 Å². The minimum atomic E-state index is -0.456. The molecule has 0 aromatic heterocycles. The van der Waals surface area contributed by atoms with Gasteiger partial charge < -0.3 is 19.9 Å². The van der Waals surface area contributed by atoms with Crippen LogP contribution in [0.2, 0.25) is 10.0 Å². The van der Waals surface area contributed by atoms with E-state index < -0.39 is 4.92 Å². The van der Waals surface area contributed by atoms with E-state index in [2.05, 4.69) is 15.1 Å². The van der Waals surface area contributed by atoms with Gasteiger partial charge in [0.2, 0.25) is 5.91 Å². The van der Waals surface area contributed by atoms with Crippen LogP contribution >= 0.6 is 23.2 Å². The van der Waals surface area contributed by atoms with E-state index in [9.17, 15) is 14.9 Å². The van der Waals surface area contributed by atoms with Gasteiger partial charge in [0, 0.05) is 81.8 Å². The van der Waals surface area contributed by atoms with Crippen LogP contribution in [0, 0.1) is 10.1 Å². The van der Waals surface area contributed by atoms with E-state index in [4.69, 9.17) is 27.9 Å². The number of hydrogen-bond acceptors (Lipinski definition) is 7. The average molecular weight is 536 g/mol. The molecule has 0 bridgehead atoms. The van der Waals surface area contributed by atoms with Gasteiger partial charge in [-0.1, -0.05) is 23.2 Å². The third kappa shape index (κ3) is 6.52. The number of piperazine rings is 1. The molecule has 2 aliphatic rings. The third-order valence-corrected chi connectivity index (χ3v) is 7.62. The first-order chi connectivity index (χ1) is 17.3. The van der Waals surface area contributed by atoms with Gasteiger partial charge in [-0.15, -0.1) is 0 Å². The lowest BCUT2D eigenvalue weighted by atomic mass is 10.0. The van der Waals surface area contributed by atoms with E-state index in [1.54, 1.807) is 12.1 Å². The lowest BCUT2D eigenvalue weighted by Gasteiger charge is -2.37. The predicted molar refractivity (Wildman–Crippen MR) is 143 cm³/mol. The molecule has 0 saturated carbocycles. The summed E-state index contributed by atoms with van der Waals surface area (Å²) in [5.74, 6) is 0.424. The van der Waals surface area contributed by atoms with Crippen molar-refractivity contribution < 1.29 is 14.5 Å². The number of nitro benzene ring substituents is 1. The first-order valence-corrected chi connectivity index (χ1v) is 12.9. The van der Waals surface area contributed by atoms with Gasteiger partial charge in [0.25, 0.3) is 0 Å². The number of carbonyl (C=O) groups excluding carboxylic acids is 1. The molecule has 0 spiro atoms. The first-order valence-electron chi connectivity index (χ1n) is 12.1. The van der Waals surface area contributed by atoms with Gasteiger partial charge in [0.15, 0.2) is 5.75 Å². The Morgan fingerprint density at radius 2 is 1.78 bits per heavy atom. The molecule has 2 aliphatic heterocycles. The van der Waals surface area contributed by atoms with Gasteiger partial charge in [0.1, 0.15) is 0 Å². The molecule has 2 aromatic rings. The van der Waals surface area contributed by atoms with Crippen molar-refractivity contribution in [3.8, 4) is 5.75 Å². The zero-order valence-corrected chi connectivity index (χ0v) is 21.8. The van der Waals surface area contributed by atoms with Crippen molar-refractivity contribution in [2.24, 2.45) is 0 Å². The molecule has 1 N–H and O–H groups in total. The third-order valence-electron chi connectivity index (χ3n) is 6.88. The summed E-state index contributed by atoms with van der Waals surface area (Å²) in [4.78, 5) is 30.0. The quantitative estimate of drug-likeness (QED) is 0.392. The molecule has 4 rings (SSSR count). The number of amides is 1. The van der Waals surface area contributed by atoms with Crippen molar-refractivity contribution in [2.75, 3.05) is 63.1 Å². The molecular formula is C25H31Cl2N5O4. The monoisotopic (exact) mass is 535 g/mol. The molecule has 36 heavy (non-hydrogen) atoms. The van der Waals surface area contributed by atoms with Crippen LogP contribution in [0.3, 0.4) is 0 Å². The maximum absolute atomic E-state index is 12.8. The summed E-state index contributed by atoms with van der Waals surface area (Å²) < 4.78 is 5.15. The highest BCUT2D eigenvalue weighted by molar-refractivity contribution is 6.42. The SMILES string of the molecule is COc1cc(NC2CCN(C(=O)CCN3CCN(c4ccc(Cl)c(Cl)c4)CC3)CC2)ccc1[N+](=O)[O-]. The van der Waals surface area contributed by atoms with Gasteiger partial charge in [-0.2, -0.15) is 0 Å². The van der Waals surface area contributed by atoms with Crippen LogP contribution in [0.1, 0.15) is 19.3 Å². The van der Waals surface area contributed by atoms with Crippen molar-refractivity contribution in [3.05, 3.63) is 56.6 Å². The van der Waals surface area contributed by atoms with Gasteiger partial charge in [-0.05, 0) is 37.1 Å². The number of nitrogens with zero attached hydrogens (tertiary/aromatic N) is 4. The maximum atomic E-state index is 12.8. The second-order valence-electron chi connectivity index (χ2n) is 9.12. The largest absolute Gasteiger partial charge is 0.490 e. The molecule has 1 amide bonds. The van der Waals surface area contributed by atoms with E-state index in [1.165, 1.54) is 13.2 Å². The van der Waals surface area contributed by atoms with E-state index in [0.717, 1.165) is 56.9 Å². The normalized spacial score (nSPS) is 17.2. The summed E-state index contributed by atoms with van der Waals surface area (Å²) in [5, 5.41) is 15.6. The maximum Gasteiger partial charge on any atom is 0.311 e. The fraction of sp³-hybridized carbons (Fsp3) is 0.480. The molecule has 2 heterocycles. The molecule has 9 nitrogen and oxygen atoms in total. The predicted octanol–water partition coefficient (Wildman–Crippen LogP) is 4.53. The van der Waals surface area contributed by atoms with Crippen molar-refractivity contribution in [1.82, 2.24) is 9.80 Å². The number of nitrogens with one attached hydrogen (secondary N) is 1. The second-order valence-corrected chi connectivity index (χ2v) is 9.93. The zero-order valence-electron chi connectivity index (χ0n) is 20.3. The van der Waals surface area contributed by atoms with E-state index in [1.807, 2.05) is 23.1 Å². The molecule has 0 radical (unpaired) electrons. The van der Waals surface area contributed by atoms with E-state index in [-0.39, 0.29) is 23.4 Å². The average Bonchev–Trinajstić information content (AvgIpc) is 2.89. The highest BCUT2D eigenvalue weighted by Gasteiger charge is 2.25. The highest BCUT2D eigenvalue weighted by atomic mass is 35.5. The molecular weight excluding hydrogens is 505 g/mol. The number of benzene rings is 2. The van der Waals surface area contributed by atoms with Crippen LogP contribution in [-0.2, 0) is 4.79 Å². The Hall–Kier alpha value is -2.75. The Morgan fingerprint density at radius 1 is 1.06 bits per heavy atom. The summed E-state index contributed by atoms with van der Waals surface area (Å²) in [5.41, 5.74) is 1.80. The van der Waals surface area contributed by atoms with Gasteiger partial charge >= 0.3 is 5.69 Å². The number of halogens is 2. The number of ether oxygens (including phenoxy) is 1. The fourth-order valence-corrected chi connectivity index (χ4v) is 5.04. The van der Waals surface area contributed by atoms with Crippen LogP contribution in [-0.4, -0.2) is 79.6 Å². The molecule has 2 saturated heterocycles. The minimum Gasteiger partial charge on any atom is -0.490 e. The van der Waals surface area contributed by atoms with Crippen molar-refractivity contribution in [2.45, 2.75) is 25.3 Å². The number of hydrogen-bond donors (Lipinski definition) is 1. The summed E-state index contributed by atoms with van der Waals surface area (Å²) >= 11 is 12.2. The molecule has 194 valence electrons. The molecule has 0 aliphatic carbocycles. The summed E-state index contributed by atoms with van der Waals surface area (Å²) in [7, 11) is 1.42. The number of piperidine rings is 1. The van der Waals surface area contributed by atoms with Crippen molar-refractivity contribution in [3.63, 3.8) is 0 Å². The lowest BCUT2D eigenvalue weighted by molar-refractivity contribution is -0.385. The number of anilines is 2.